The van der Waals surface area contributed by atoms with E-state index in [1.807, 2.05) is 0 Å². The van der Waals surface area contributed by atoms with E-state index in [9.17, 15) is 0 Å². The van der Waals surface area contributed by atoms with E-state index in [0.717, 1.165) is 17.1 Å². The van der Waals surface area contributed by atoms with Crippen LogP contribution in [-0.4, -0.2) is 9.13 Å². The van der Waals surface area contributed by atoms with E-state index in [2.05, 4.69) is 180 Å². The maximum atomic E-state index is 2.55. The van der Waals surface area contributed by atoms with Crippen LogP contribution >= 0.6 is 0 Å². The molecule has 3 heteroatoms. The minimum absolute atomic E-state index is 0.276. The molecule has 1 aliphatic heterocycles. The van der Waals surface area contributed by atoms with Crippen LogP contribution in [0.25, 0.3) is 44.1 Å². The van der Waals surface area contributed by atoms with E-state index < -0.39 is 0 Å². The van der Waals surface area contributed by atoms with Crippen molar-refractivity contribution < 1.29 is 0 Å². The summed E-state index contributed by atoms with van der Waals surface area (Å²) < 4.78 is 5.02. The Morgan fingerprint density at radius 3 is 1.66 bits per heavy atom. The lowest BCUT2D eigenvalue weighted by molar-refractivity contribution is 0.598. The van der Waals surface area contributed by atoms with Crippen molar-refractivity contribution in [3.05, 3.63) is 163 Å². The van der Waals surface area contributed by atoms with E-state index in [-0.39, 0.29) is 5.41 Å². The molecule has 3 nitrogen and oxygen atoms in total. The minimum Gasteiger partial charge on any atom is -0.309 e. The second-order valence-corrected chi connectivity index (χ2v) is 12.2. The molecular formula is C41H31N3. The quantitative estimate of drug-likeness (QED) is 0.208. The number of aromatic nitrogens is 2. The predicted octanol–water partition coefficient (Wildman–Crippen LogP) is 10.8. The van der Waals surface area contributed by atoms with Crippen LogP contribution in [0.3, 0.4) is 0 Å². The molecule has 0 unspecified atom stereocenters. The number of para-hydroxylation sites is 5. The number of rotatable bonds is 3. The highest BCUT2D eigenvalue weighted by atomic mass is 15.2. The predicted molar refractivity (Wildman–Crippen MR) is 184 cm³/mol. The van der Waals surface area contributed by atoms with Gasteiger partial charge in [0, 0.05) is 38.6 Å². The molecule has 0 N–H and O–H groups in total. The van der Waals surface area contributed by atoms with Crippen LogP contribution < -0.4 is 4.90 Å². The van der Waals surface area contributed by atoms with Crippen molar-refractivity contribution in [2.24, 2.45) is 0 Å². The first-order chi connectivity index (χ1) is 21.6. The first kappa shape index (κ1) is 25.0. The number of hydrogen-bond donors (Lipinski definition) is 0. The number of hydrogen-bond acceptors (Lipinski definition) is 1. The second-order valence-electron chi connectivity index (χ2n) is 12.2. The van der Waals surface area contributed by atoms with Crippen molar-refractivity contribution >= 4 is 49.8 Å². The highest BCUT2D eigenvalue weighted by Crippen LogP contribution is 2.57. The lowest BCUT2D eigenvalue weighted by atomic mass is 9.76. The molecule has 0 saturated carbocycles. The van der Waals surface area contributed by atoms with E-state index >= 15 is 0 Å². The zero-order chi connectivity index (χ0) is 29.4. The monoisotopic (exact) mass is 565 g/mol. The average Bonchev–Trinajstić information content (AvgIpc) is 3.60. The van der Waals surface area contributed by atoms with Gasteiger partial charge in [-0.05, 0) is 60.2 Å². The van der Waals surface area contributed by atoms with Gasteiger partial charge in [-0.15, -0.1) is 0 Å². The molecule has 3 heterocycles. The number of anilines is 3. The van der Waals surface area contributed by atoms with Gasteiger partial charge in [0.2, 0.25) is 0 Å². The van der Waals surface area contributed by atoms with Crippen molar-refractivity contribution in [2.75, 3.05) is 4.90 Å². The minimum atomic E-state index is -0.276. The van der Waals surface area contributed by atoms with E-state index in [1.165, 1.54) is 55.3 Å². The molecule has 0 bridgehead atoms. The molecule has 0 spiro atoms. The summed E-state index contributed by atoms with van der Waals surface area (Å²) in [4.78, 5) is 2.49. The number of fused-ring (bicyclic) bond motifs is 8. The van der Waals surface area contributed by atoms with Gasteiger partial charge in [-0.3, -0.25) is 0 Å². The van der Waals surface area contributed by atoms with Gasteiger partial charge in [0.1, 0.15) is 0 Å². The van der Waals surface area contributed by atoms with E-state index in [0.29, 0.717) is 0 Å². The van der Waals surface area contributed by atoms with Gasteiger partial charge in [-0.25, -0.2) is 0 Å². The molecule has 210 valence electrons. The lowest BCUT2D eigenvalue weighted by Crippen LogP contribution is -2.32. The number of benzene rings is 6. The van der Waals surface area contributed by atoms with Crippen LogP contribution in [0.1, 0.15) is 25.1 Å². The summed E-state index contributed by atoms with van der Waals surface area (Å²) in [7, 11) is 0. The van der Waals surface area contributed by atoms with Gasteiger partial charge in [-0.1, -0.05) is 111 Å². The Kier molecular flexibility index (Phi) is 5.24. The Morgan fingerprint density at radius 1 is 0.432 bits per heavy atom. The summed E-state index contributed by atoms with van der Waals surface area (Å²) in [6.07, 6.45) is 0. The summed E-state index contributed by atoms with van der Waals surface area (Å²) in [5.41, 5.74) is 11.9. The van der Waals surface area contributed by atoms with E-state index in [4.69, 9.17) is 0 Å². The molecular weight excluding hydrogens is 534 g/mol. The zero-order valence-electron chi connectivity index (χ0n) is 24.8. The normalized spacial score (nSPS) is 13.8. The summed E-state index contributed by atoms with van der Waals surface area (Å²) in [5, 5.41) is 3.75. The molecule has 0 aliphatic carbocycles. The lowest BCUT2D eigenvalue weighted by Gasteiger charge is -2.41. The van der Waals surface area contributed by atoms with Gasteiger partial charge in [0.25, 0.3) is 0 Å². The Bertz CT molecular complexity index is 2340. The molecule has 0 atom stereocenters. The summed E-state index contributed by atoms with van der Waals surface area (Å²) in [6, 6.07) is 55.0. The Balaban J connectivity index is 1.56. The van der Waals surface area contributed by atoms with Gasteiger partial charge < -0.3 is 14.0 Å². The smallest absolute Gasteiger partial charge is 0.0802 e. The summed E-state index contributed by atoms with van der Waals surface area (Å²) >= 11 is 0. The van der Waals surface area contributed by atoms with Crippen LogP contribution in [0.4, 0.5) is 17.1 Å². The van der Waals surface area contributed by atoms with Crippen LogP contribution in [0, 0.1) is 0 Å². The maximum absolute atomic E-state index is 2.55. The zero-order valence-corrected chi connectivity index (χ0v) is 24.8. The van der Waals surface area contributed by atoms with Gasteiger partial charge in [0.05, 0.1) is 33.6 Å². The maximum Gasteiger partial charge on any atom is 0.0802 e. The third-order valence-electron chi connectivity index (χ3n) is 9.41. The van der Waals surface area contributed by atoms with Crippen LogP contribution in [0.2, 0.25) is 0 Å². The molecule has 0 amide bonds. The fraction of sp³-hybridized carbons (Fsp3) is 0.0732. The number of nitrogens with zero attached hydrogens (tertiary/aromatic N) is 3. The second kappa shape index (κ2) is 9.23. The Labute approximate surface area is 256 Å². The third kappa shape index (κ3) is 3.32. The van der Waals surface area contributed by atoms with Crippen molar-refractivity contribution in [1.29, 1.82) is 0 Å². The van der Waals surface area contributed by atoms with Crippen molar-refractivity contribution in [1.82, 2.24) is 9.13 Å². The van der Waals surface area contributed by atoms with Crippen molar-refractivity contribution in [2.45, 2.75) is 19.3 Å². The van der Waals surface area contributed by atoms with Crippen LogP contribution in [0.15, 0.2) is 152 Å². The molecule has 8 aromatic rings. The largest absolute Gasteiger partial charge is 0.309 e. The molecule has 6 aromatic carbocycles. The van der Waals surface area contributed by atoms with Crippen LogP contribution in [-0.2, 0) is 5.41 Å². The Morgan fingerprint density at radius 2 is 0.955 bits per heavy atom. The molecule has 44 heavy (non-hydrogen) atoms. The highest BCUT2D eigenvalue weighted by Gasteiger charge is 2.42. The fourth-order valence-electron chi connectivity index (χ4n) is 7.58. The molecule has 9 rings (SSSR count). The molecule has 2 aromatic heterocycles. The Hall–Kier alpha value is -5.54. The molecule has 0 saturated heterocycles. The van der Waals surface area contributed by atoms with Crippen molar-refractivity contribution in [3.63, 3.8) is 0 Å². The topological polar surface area (TPSA) is 13.1 Å². The highest BCUT2D eigenvalue weighted by molar-refractivity contribution is 6.21. The third-order valence-corrected chi connectivity index (χ3v) is 9.41. The van der Waals surface area contributed by atoms with Gasteiger partial charge in [-0.2, -0.15) is 0 Å². The SMILES string of the molecule is CC1(C)c2ccccc2N(c2ccccc2)c2c1n(-c1ccccc1)c1c2ccc2c3ccccc3n(-c3ccccc3)c21. The van der Waals surface area contributed by atoms with E-state index in [1.54, 1.807) is 0 Å². The first-order valence-electron chi connectivity index (χ1n) is 15.3. The fourth-order valence-corrected chi connectivity index (χ4v) is 7.58. The van der Waals surface area contributed by atoms with Gasteiger partial charge in [0.15, 0.2) is 0 Å². The first-order valence-corrected chi connectivity index (χ1v) is 15.3. The molecule has 1 aliphatic rings. The standard InChI is InChI=1S/C41H31N3/c1-41(2)34-23-13-15-25-36(34)43(29-18-8-4-9-19-29)39-33-27-26-32-31-22-12-14-24-35(31)42(28-16-6-3-7-17-28)37(32)38(33)44(40(39)41)30-20-10-5-11-21-30/h3-27H,1-2H3. The molecule has 0 radical (unpaired) electrons. The average molecular weight is 566 g/mol. The van der Waals surface area contributed by atoms with Crippen molar-refractivity contribution in [3.8, 4) is 11.4 Å². The van der Waals surface area contributed by atoms with Gasteiger partial charge >= 0.3 is 0 Å². The summed E-state index contributed by atoms with van der Waals surface area (Å²) in [5.74, 6) is 0. The summed E-state index contributed by atoms with van der Waals surface area (Å²) in [6.45, 7) is 4.77. The molecule has 0 fully saturated rings. The van der Waals surface area contributed by atoms with Crippen LogP contribution in [0.5, 0.6) is 0 Å².